The Bertz CT molecular complexity index is 1370. The molecule has 0 aliphatic carbocycles. The third kappa shape index (κ3) is 8.25. The number of amides is 4. The smallest absolute Gasteiger partial charge is 0.368 e. The van der Waals surface area contributed by atoms with Gasteiger partial charge in [0.1, 0.15) is 6.54 Å². The first kappa shape index (κ1) is 30.4. The molecule has 1 heterocycles. The number of urea groups is 1. The molecule has 0 atom stereocenters. The predicted molar refractivity (Wildman–Crippen MR) is 156 cm³/mol. The molecule has 4 amide bonds. The Morgan fingerprint density at radius 2 is 1.50 bits per heavy atom. The van der Waals surface area contributed by atoms with Gasteiger partial charge in [0, 0.05) is 55.7 Å². The normalized spacial score (nSPS) is 13.6. The maximum Gasteiger partial charge on any atom is 0.416 e. The van der Waals surface area contributed by atoms with E-state index in [1.807, 2.05) is 42.5 Å². The number of nitrogens with one attached hydrogen (secondary N) is 2. The fraction of sp³-hybridized carbons (Fsp3) is 0.323. The molecule has 1 aliphatic rings. The standard InChI is InChI=1S/C31H34F3N5O3/c1-22(2)29(41)39(20-23-7-4-3-5-8-23)21-28(40)35-25-11-13-27(14-12-25)37-15-17-38(18-16-37)30(42)36-26-10-6-9-24(19-26)31(32,33)34/h3-14,19,22H,15-18,20-21H2,1-2H3,(H,35,40)(H,36,42). The van der Waals surface area contributed by atoms with Crippen LogP contribution in [0.2, 0.25) is 0 Å². The minimum absolute atomic E-state index is 0.0712. The predicted octanol–water partition coefficient (Wildman–Crippen LogP) is 5.68. The second kappa shape index (κ2) is 13.4. The first-order valence-electron chi connectivity index (χ1n) is 13.7. The molecule has 2 N–H and O–H groups in total. The van der Waals surface area contributed by atoms with Crippen LogP contribution in [0.15, 0.2) is 78.9 Å². The Hall–Kier alpha value is -4.54. The van der Waals surface area contributed by atoms with E-state index >= 15 is 0 Å². The van der Waals surface area contributed by atoms with Crippen LogP contribution in [0.1, 0.15) is 25.0 Å². The summed E-state index contributed by atoms with van der Waals surface area (Å²) in [6.07, 6.45) is -4.49. The highest BCUT2D eigenvalue weighted by atomic mass is 19.4. The zero-order valence-electron chi connectivity index (χ0n) is 23.5. The Balaban J connectivity index is 1.28. The molecule has 0 radical (unpaired) electrons. The maximum absolute atomic E-state index is 13.0. The van der Waals surface area contributed by atoms with Gasteiger partial charge in [0.2, 0.25) is 11.8 Å². The summed E-state index contributed by atoms with van der Waals surface area (Å²) < 4.78 is 38.9. The maximum atomic E-state index is 13.0. The molecule has 1 fully saturated rings. The van der Waals surface area contributed by atoms with Crippen LogP contribution in [0.25, 0.3) is 0 Å². The highest BCUT2D eigenvalue weighted by Crippen LogP contribution is 2.30. The molecule has 0 aromatic heterocycles. The summed E-state index contributed by atoms with van der Waals surface area (Å²) in [6, 6.07) is 20.9. The molecular formula is C31H34F3N5O3. The molecule has 0 spiro atoms. The van der Waals surface area contributed by atoms with E-state index in [4.69, 9.17) is 0 Å². The van der Waals surface area contributed by atoms with E-state index in [-0.39, 0.29) is 30.0 Å². The van der Waals surface area contributed by atoms with Crippen molar-refractivity contribution >= 4 is 34.9 Å². The fourth-order valence-corrected chi connectivity index (χ4v) is 4.65. The lowest BCUT2D eigenvalue weighted by atomic mass is 10.1. The van der Waals surface area contributed by atoms with Crippen molar-refractivity contribution in [3.05, 3.63) is 90.0 Å². The molecule has 3 aromatic carbocycles. The molecule has 0 unspecified atom stereocenters. The van der Waals surface area contributed by atoms with Gasteiger partial charge in [0.25, 0.3) is 0 Å². The monoisotopic (exact) mass is 581 g/mol. The molecule has 0 bridgehead atoms. The van der Waals surface area contributed by atoms with Crippen LogP contribution in [-0.4, -0.2) is 60.4 Å². The lowest BCUT2D eigenvalue weighted by Crippen LogP contribution is -2.50. The van der Waals surface area contributed by atoms with Gasteiger partial charge < -0.3 is 25.3 Å². The largest absolute Gasteiger partial charge is 0.416 e. The van der Waals surface area contributed by atoms with Gasteiger partial charge in [-0.2, -0.15) is 13.2 Å². The topological polar surface area (TPSA) is 85.0 Å². The minimum Gasteiger partial charge on any atom is -0.368 e. The molecular weight excluding hydrogens is 547 g/mol. The molecule has 222 valence electrons. The van der Waals surface area contributed by atoms with Crippen molar-refractivity contribution in [3.8, 4) is 0 Å². The molecule has 1 aliphatic heterocycles. The lowest BCUT2D eigenvalue weighted by Gasteiger charge is -2.36. The zero-order valence-corrected chi connectivity index (χ0v) is 23.5. The molecule has 1 saturated heterocycles. The average molecular weight is 582 g/mol. The summed E-state index contributed by atoms with van der Waals surface area (Å²) in [4.78, 5) is 43.4. The van der Waals surface area contributed by atoms with Crippen molar-refractivity contribution in [1.29, 1.82) is 0 Å². The van der Waals surface area contributed by atoms with E-state index in [1.165, 1.54) is 12.1 Å². The number of piperazine rings is 1. The van der Waals surface area contributed by atoms with Gasteiger partial charge in [-0.25, -0.2) is 4.79 Å². The van der Waals surface area contributed by atoms with Gasteiger partial charge in [-0.05, 0) is 48.0 Å². The van der Waals surface area contributed by atoms with Gasteiger partial charge in [-0.1, -0.05) is 50.2 Å². The van der Waals surface area contributed by atoms with Crippen molar-refractivity contribution in [2.45, 2.75) is 26.6 Å². The Labute approximate surface area is 243 Å². The number of benzene rings is 3. The minimum atomic E-state index is -4.49. The Kier molecular flexibility index (Phi) is 9.72. The average Bonchev–Trinajstić information content (AvgIpc) is 2.97. The van der Waals surface area contributed by atoms with E-state index in [2.05, 4.69) is 15.5 Å². The first-order chi connectivity index (χ1) is 20.0. The highest BCUT2D eigenvalue weighted by molar-refractivity contribution is 5.95. The summed E-state index contributed by atoms with van der Waals surface area (Å²) in [5.74, 6) is -0.645. The number of halogens is 3. The van der Waals surface area contributed by atoms with Crippen LogP contribution in [0, 0.1) is 5.92 Å². The third-order valence-corrected chi connectivity index (χ3v) is 6.88. The summed E-state index contributed by atoms with van der Waals surface area (Å²) in [5.41, 5.74) is 1.72. The van der Waals surface area contributed by atoms with Crippen LogP contribution in [0.4, 0.5) is 35.0 Å². The van der Waals surface area contributed by atoms with Crippen LogP contribution in [0.3, 0.4) is 0 Å². The molecule has 4 rings (SSSR count). The third-order valence-electron chi connectivity index (χ3n) is 6.88. The Morgan fingerprint density at radius 1 is 0.833 bits per heavy atom. The second-order valence-electron chi connectivity index (χ2n) is 10.4. The number of anilines is 3. The molecule has 11 heteroatoms. The van der Waals surface area contributed by atoms with Crippen molar-refractivity contribution in [1.82, 2.24) is 9.80 Å². The van der Waals surface area contributed by atoms with E-state index in [9.17, 15) is 27.6 Å². The van der Waals surface area contributed by atoms with E-state index in [0.717, 1.165) is 23.4 Å². The van der Waals surface area contributed by atoms with Gasteiger partial charge in [0.05, 0.1) is 5.56 Å². The summed E-state index contributed by atoms with van der Waals surface area (Å²) in [7, 11) is 0. The quantitative estimate of drug-likeness (QED) is 0.359. The first-order valence-corrected chi connectivity index (χ1v) is 13.7. The van der Waals surface area contributed by atoms with Crippen LogP contribution >= 0.6 is 0 Å². The van der Waals surface area contributed by atoms with Gasteiger partial charge in [-0.15, -0.1) is 0 Å². The Morgan fingerprint density at radius 3 is 2.12 bits per heavy atom. The molecule has 42 heavy (non-hydrogen) atoms. The number of nitrogens with zero attached hydrogens (tertiary/aromatic N) is 3. The van der Waals surface area contributed by atoms with Crippen LogP contribution in [-0.2, 0) is 22.3 Å². The number of hydrogen-bond donors (Lipinski definition) is 2. The fourth-order valence-electron chi connectivity index (χ4n) is 4.65. The summed E-state index contributed by atoms with van der Waals surface area (Å²) in [6.45, 7) is 5.74. The molecule has 0 saturated carbocycles. The van der Waals surface area contributed by atoms with Gasteiger partial charge in [-0.3, -0.25) is 9.59 Å². The van der Waals surface area contributed by atoms with E-state index < -0.39 is 17.8 Å². The van der Waals surface area contributed by atoms with E-state index in [1.54, 1.807) is 35.8 Å². The van der Waals surface area contributed by atoms with Crippen LogP contribution < -0.4 is 15.5 Å². The second-order valence-corrected chi connectivity index (χ2v) is 10.4. The lowest BCUT2D eigenvalue weighted by molar-refractivity contribution is -0.138. The number of alkyl halides is 3. The van der Waals surface area contributed by atoms with Crippen molar-refractivity contribution in [3.63, 3.8) is 0 Å². The van der Waals surface area contributed by atoms with Crippen molar-refractivity contribution in [2.75, 3.05) is 48.3 Å². The highest BCUT2D eigenvalue weighted by Gasteiger charge is 2.31. The summed E-state index contributed by atoms with van der Waals surface area (Å²) in [5, 5.41) is 5.41. The van der Waals surface area contributed by atoms with Crippen molar-refractivity contribution in [2.24, 2.45) is 5.92 Å². The number of carbonyl (C=O) groups excluding carboxylic acids is 3. The van der Waals surface area contributed by atoms with E-state index in [0.29, 0.717) is 38.4 Å². The van der Waals surface area contributed by atoms with Gasteiger partial charge in [0.15, 0.2) is 0 Å². The zero-order chi connectivity index (χ0) is 30.3. The van der Waals surface area contributed by atoms with Crippen molar-refractivity contribution < 1.29 is 27.6 Å². The summed E-state index contributed by atoms with van der Waals surface area (Å²) >= 11 is 0. The number of rotatable bonds is 8. The SMILES string of the molecule is CC(C)C(=O)N(CC(=O)Nc1ccc(N2CCN(C(=O)Nc3cccc(C(F)(F)F)c3)CC2)cc1)Cc1ccccc1. The number of hydrogen-bond acceptors (Lipinski definition) is 4. The van der Waals surface area contributed by atoms with Crippen LogP contribution in [0.5, 0.6) is 0 Å². The van der Waals surface area contributed by atoms with Gasteiger partial charge >= 0.3 is 12.2 Å². The number of carbonyl (C=O) groups is 3. The molecule has 8 nitrogen and oxygen atoms in total. The molecule has 3 aromatic rings.